The van der Waals surface area contributed by atoms with Crippen LogP contribution in [0.5, 0.6) is 0 Å². The van der Waals surface area contributed by atoms with Gasteiger partial charge < -0.3 is 4.42 Å². The number of fused-ring (bicyclic) bond motifs is 1. The van der Waals surface area contributed by atoms with Crippen LogP contribution in [0.25, 0.3) is 11.1 Å². The van der Waals surface area contributed by atoms with E-state index in [0.29, 0.717) is 5.58 Å². The van der Waals surface area contributed by atoms with Gasteiger partial charge in [-0.15, -0.1) is 0 Å². The normalized spacial score (nSPS) is 12.8. The molecule has 0 aliphatic heterocycles. The maximum Gasteiger partial charge on any atom is 0.419 e. The van der Waals surface area contributed by atoms with Crippen LogP contribution < -0.4 is 5.76 Å². The lowest BCUT2D eigenvalue weighted by atomic mass is 10.0. The monoisotopic (exact) mass is 443 g/mol. The number of hydrogen-bond donors (Lipinski definition) is 0. The molecule has 2 aromatic carbocycles. The summed E-state index contributed by atoms with van der Waals surface area (Å²) >= 11 is 6.01. The molecule has 0 saturated carbocycles. The highest BCUT2D eigenvalue weighted by atomic mass is 127. The van der Waals surface area contributed by atoms with E-state index in [-0.39, 0.29) is 10.6 Å². The van der Waals surface area contributed by atoms with Crippen molar-refractivity contribution in [2.75, 3.05) is 0 Å². The Morgan fingerprint density at radius 1 is 1.20 bits per heavy atom. The van der Waals surface area contributed by atoms with Crippen molar-refractivity contribution < 1.29 is 4.42 Å². The van der Waals surface area contributed by atoms with Gasteiger partial charge in [-0.1, -0.05) is 34.1 Å². The minimum atomic E-state index is -0.336. The SMILES string of the molecule is Cn1c(=O)oc2cc(C(Br)c3cccc(I)c3)ccc21. The summed E-state index contributed by atoms with van der Waals surface area (Å²) in [5.74, 6) is -0.336. The Labute approximate surface area is 137 Å². The van der Waals surface area contributed by atoms with E-state index in [2.05, 4.69) is 56.7 Å². The third-order valence-corrected chi connectivity index (χ3v) is 4.98. The summed E-state index contributed by atoms with van der Waals surface area (Å²) in [6.45, 7) is 0. The van der Waals surface area contributed by atoms with Gasteiger partial charge in [-0.2, -0.15) is 0 Å². The molecule has 3 rings (SSSR count). The Balaban J connectivity index is 2.08. The summed E-state index contributed by atoms with van der Waals surface area (Å²) in [7, 11) is 1.71. The first-order chi connectivity index (χ1) is 9.56. The number of benzene rings is 2. The molecule has 3 aromatic rings. The summed E-state index contributed by atoms with van der Waals surface area (Å²) in [6.07, 6.45) is 0. The van der Waals surface area contributed by atoms with E-state index in [0.717, 1.165) is 11.1 Å². The van der Waals surface area contributed by atoms with E-state index in [1.807, 2.05) is 24.3 Å². The molecule has 0 fully saturated rings. The summed E-state index contributed by atoms with van der Waals surface area (Å²) < 4.78 is 7.93. The zero-order valence-corrected chi connectivity index (χ0v) is 14.4. The first kappa shape index (κ1) is 13.9. The Bertz CT molecular complexity index is 837. The average molecular weight is 444 g/mol. The highest BCUT2D eigenvalue weighted by Gasteiger charge is 2.13. The zero-order valence-electron chi connectivity index (χ0n) is 10.6. The number of alkyl halides is 1. The number of aromatic nitrogens is 1. The van der Waals surface area contributed by atoms with Crippen LogP contribution >= 0.6 is 38.5 Å². The van der Waals surface area contributed by atoms with E-state index in [1.54, 1.807) is 7.05 Å². The summed E-state index contributed by atoms with van der Waals surface area (Å²) in [5, 5.41) is 0. The van der Waals surface area contributed by atoms with Crippen LogP contribution in [0, 0.1) is 3.57 Å². The van der Waals surface area contributed by atoms with E-state index in [9.17, 15) is 4.79 Å². The van der Waals surface area contributed by atoms with Crippen LogP contribution in [0.4, 0.5) is 0 Å². The Morgan fingerprint density at radius 3 is 2.70 bits per heavy atom. The molecule has 0 bridgehead atoms. The first-order valence-corrected chi connectivity index (χ1v) is 8.05. The molecule has 0 saturated heterocycles. The summed E-state index contributed by atoms with van der Waals surface area (Å²) in [5.41, 5.74) is 3.66. The maximum atomic E-state index is 11.5. The van der Waals surface area contributed by atoms with E-state index in [4.69, 9.17) is 4.42 Å². The minimum absolute atomic E-state index is 0.0760. The molecule has 20 heavy (non-hydrogen) atoms. The molecule has 0 aliphatic rings. The first-order valence-electron chi connectivity index (χ1n) is 6.05. The van der Waals surface area contributed by atoms with Crippen LogP contribution in [0.3, 0.4) is 0 Å². The lowest BCUT2D eigenvalue weighted by Crippen LogP contribution is -2.08. The molecule has 1 atom stereocenters. The molecule has 1 unspecified atom stereocenters. The highest BCUT2D eigenvalue weighted by molar-refractivity contribution is 14.1. The third-order valence-electron chi connectivity index (χ3n) is 3.25. The molecule has 5 heteroatoms. The molecule has 3 nitrogen and oxygen atoms in total. The molecule has 1 heterocycles. The van der Waals surface area contributed by atoms with Crippen LogP contribution in [-0.2, 0) is 7.05 Å². The second-order valence-electron chi connectivity index (χ2n) is 4.57. The molecule has 1 aromatic heterocycles. The minimum Gasteiger partial charge on any atom is -0.408 e. The van der Waals surface area contributed by atoms with Crippen molar-refractivity contribution in [2.24, 2.45) is 7.05 Å². The fourth-order valence-corrected chi connectivity index (χ4v) is 3.30. The van der Waals surface area contributed by atoms with Crippen LogP contribution in [0.1, 0.15) is 16.0 Å². The van der Waals surface area contributed by atoms with Gasteiger partial charge in [0.15, 0.2) is 5.58 Å². The number of aryl methyl sites for hydroxylation is 1. The van der Waals surface area contributed by atoms with Crippen molar-refractivity contribution in [1.29, 1.82) is 0 Å². The summed E-state index contributed by atoms with van der Waals surface area (Å²) in [6, 6.07) is 14.1. The van der Waals surface area contributed by atoms with Crippen LogP contribution in [-0.4, -0.2) is 4.57 Å². The van der Waals surface area contributed by atoms with E-state index < -0.39 is 0 Å². The molecule has 0 aliphatic carbocycles. The maximum absolute atomic E-state index is 11.5. The van der Waals surface area contributed by atoms with Gasteiger partial charge in [-0.3, -0.25) is 4.57 Å². The third kappa shape index (κ3) is 2.44. The quantitative estimate of drug-likeness (QED) is 0.439. The van der Waals surface area contributed by atoms with E-state index in [1.165, 1.54) is 13.7 Å². The van der Waals surface area contributed by atoms with Crippen molar-refractivity contribution in [3.8, 4) is 0 Å². The number of hydrogen-bond acceptors (Lipinski definition) is 2. The second-order valence-corrected chi connectivity index (χ2v) is 6.73. The van der Waals surface area contributed by atoms with Gasteiger partial charge >= 0.3 is 5.76 Å². The number of halogens is 2. The Kier molecular flexibility index (Phi) is 3.72. The van der Waals surface area contributed by atoms with Crippen molar-refractivity contribution in [3.63, 3.8) is 0 Å². The van der Waals surface area contributed by atoms with Gasteiger partial charge in [0.05, 0.1) is 10.3 Å². The lowest BCUT2D eigenvalue weighted by Gasteiger charge is -2.11. The molecule has 102 valence electrons. The fraction of sp³-hybridized carbons (Fsp3) is 0.133. The predicted octanol–water partition coefficient (Wildman–Crippen LogP) is 4.22. The van der Waals surface area contributed by atoms with Gasteiger partial charge in [0.2, 0.25) is 0 Å². The van der Waals surface area contributed by atoms with Crippen molar-refractivity contribution in [2.45, 2.75) is 4.83 Å². The summed E-state index contributed by atoms with van der Waals surface area (Å²) in [4.78, 5) is 11.6. The fourth-order valence-electron chi connectivity index (χ4n) is 2.16. The predicted molar refractivity (Wildman–Crippen MR) is 91.4 cm³/mol. The van der Waals surface area contributed by atoms with Gasteiger partial charge in [0, 0.05) is 10.6 Å². The average Bonchev–Trinajstić information content (AvgIpc) is 2.73. The standard InChI is InChI=1S/C15H11BrINO2/c1-18-12-6-5-10(8-13(12)20-15(18)19)14(16)9-3-2-4-11(17)7-9/h2-8,14H,1H3. The second kappa shape index (κ2) is 5.37. The largest absolute Gasteiger partial charge is 0.419 e. The molecule has 0 amide bonds. The smallest absolute Gasteiger partial charge is 0.408 e. The Hall–Kier alpha value is -1.08. The Morgan fingerprint density at radius 2 is 1.95 bits per heavy atom. The molecule has 0 spiro atoms. The molecular weight excluding hydrogens is 433 g/mol. The molecule has 0 radical (unpaired) electrons. The molecule has 0 N–H and O–H groups in total. The van der Waals surface area contributed by atoms with Crippen molar-refractivity contribution in [3.05, 3.63) is 67.7 Å². The van der Waals surface area contributed by atoms with Crippen LogP contribution in [0.15, 0.2) is 51.7 Å². The van der Waals surface area contributed by atoms with Crippen molar-refractivity contribution >= 4 is 49.6 Å². The van der Waals surface area contributed by atoms with Crippen molar-refractivity contribution in [1.82, 2.24) is 4.57 Å². The van der Waals surface area contributed by atoms with Gasteiger partial charge in [0.25, 0.3) is 0 Å². The van der Waals surface area contributed by atoms with Crippen LogP contribution in [0.2, 0.25) is 0 Å². The molecular formula is C15H11BrINO2. The number of nitrogens with zero attached hydrogens (tertiary/aromatic N) is 1. The number of rotatable bonds is 2. The highest BCUT2D eigenvalue weighted by Crippen LogP contribution is 2.32. The number of oxazole rings is 1. The van der Waals surface area contributed by atoms with Gasteiger partial charge in [-0.05, 0) is 58.0 Å². The lowest BCUT2D eigenvalue weighted by molar-refractivity contribution is 0.528. The van der Waals surface area contributed by atoms with E-state index >= 15 is 0 Å². The van der Waals surface area contributed by atoms with Gasteiger partial charge in [0.1, 0.15) is 0 Å². The topological polar surface area (TPSA) is 35.1 Å². The zero-order chi connectivity index (χ0) is 14.3. The van der Waals surface area contributed by atoms with Gasteiger partial charge in [-0.25, -0.2) is 4.79 Å².